The zero-order chi connectivity index (χ0) is 12.9. The summed E-state index contributed by atoms with van der Waals surface area (Å²) < 4.78 is 9.53. The first-order chi connectivity index (χ1) is 9.26. The lowest BCUT2D eigenvalue weighted by molar-refractivity contribution is -0.141. The second-order valence-electron chi connectivity index (χ2n) is 5.82. The van der Waals surface area contributed by atoms with Gasteiger partial charge in [0.15, 0.2) is 0 Å². The van der Waals surface area contributed by atoms with Crippen LogP contribution in [-0.4, -0.2) is 22.0 Å². The summed E-state index contributed by atoms with van der Waals surface area (Å²) in [5, 5.41) is 5.89. The largest absolute Gasteiger partial charge is 0.375 e. The summed E-state index contributed by atoms with van der Waals surface area (Å²) >= 11 is 2.37. The lowest BCUT2D eigenvalue weighted by Gasteiger charge is -2.47. The fourth-order valence-electron chi connectivity index (χ4n) is 3.43. The molecule has 19 heavy (non-hydrogen) atoms. The Hall–Kier alpha value is -0.620. The third-order valence-electron chi connectivity index (χ3n) is 4.64. The van der Waals surface area contributed by atoms with Crippen LogP contribution in [0.3, 0.4) is 0 Å². The number of fused-ring (bicyclic) bond motifs is 1. The fraction of sp³-hybridized carbons (Fsp3) is 0.533. The molecule has 1 saturated heterocycles. The molecular weight excluding hydrogens is 351 g/mol. The maximum Gasteiger partial charge on any atom is 0.0703 e. The van der Waals surface area contributed by atoms with Crippen LogP contribution in [0.4, 0.5) is 0 Å². The molecule has 1 aromatic carbocycles. The van der Waals surface area contributed by atoms with E-state index in [1.165, 1.54) is 33.7 Å². The molecule has 0 N–H and O–H groups in total. The summed E-state index contributed by atoms with van der Waals surface area (Å²) in [7, 11) is 0. The molecule has 2 aliphatic rings. The summed E-state index contributed by atoms with van der Waals surface area (Å²) in [6.45, 7) is 0.885. The van der Waals surface area contributed by atoms with E-state index < -0.39 is 0 Å². The molecule has 1 aliphatic carbocycles. The molecule has 2 heterocycles. The minimum Gasteiger partial charge on any atom is -0.375 e. The Morgan fingerprint density at radius 3 is 3.05 bits per heavy atom. The molecule has 4 heteroatoms. The Balaban J connectivity index is 1.71. The van der Waals surface area contributed by atoms with E-state index in [9.17, 15) is 0 Å². The van der Waals surface area contributed by atoms with Gasteiger partial charge < -0.3 is 4.74 Å². The Morgan fingerprint density at radius 2 is 2.26 bits per heavy atom. The zero-order valence-electron chi connectivity index (χ0n) is 10.8. The van der Waals surface area contributed by atoms with Crippen molar-refractivity contribution in [2.24, 2.45) is 0 Å². The molecule has 0 bridgehead atoms. The molecule has 1 aliphatic heterocycles. The summed E-state index contributed by atoms with van der Waals surface area (Å²) in [5.74, 6) is 0. The van der Waals surface area contributed by atoms with E-state index in [0.717, 1.165) is 19.4 Å². The second kappa shape index (κ2) is 4.45. The van der Waals surface area contributed by atoms with Crippen LogP contribution in [-0.2, 0) is 4.74 Å². The summed E-state index contributed by atoms with van der Waals surface area (Å²) in [4.78, 5) is 0. The summed E-state index contributed by atoms with van der Waals surface area (Å²) in [5.41, 5.74) is 1.46. The summed E-state index contributed by atoms with van der Waals surface area (Å²) in [6.07, 6.45) is 8.01. The van der Waals surface area contributed by atoms with Crippen LogP contribution in [0.25, 0.3) is 10.9 Å². The van der Waals surface area contributed by atoms with Gasteiger partial charge in [0.25, 0.3) is 0 Å². The van der Waals surface area contributed by atoms with Crippen molar-refractivity contribution in [3.05, 3.63) is 28.0 Å². The number of hydrogen-bond donors (Lipinski definition) is 0. The smallest absolute Gasteiger partial charge is 0.0703 e. The standard InChI is InChI=1S/C15H17IN2O/c16-12-3-2-11-10-17-18(14(11)8-12)13-4-7-19-15(9-13)5-1-6-15/h2-3,8,10,13H,1,4-7,9H2. The molecule has 2 fully saturated rings. The van der Waals surface area contributed by atoms with Crippen LogP contribution in [0.2, 0.25) is 0 Å². The van der Waals surface area contributed by atoms with E-state index in [1.54, 1.807) is 0 Å². The molecule has 2 aromatic rings. The second-order valence-corrected chi connectivity index (χ2v) is 7.07. The molecule has 1 saturated carbocycles. The van der Waals surface area contributed by atoms with Crippen molar-refractivity contribution >= 4 is 33.5 Å². The number of rotatable bonds is 1. The number of ether oxygens (including phenoxy) is 1. The molecule has 1 aromatic heterocycles. The molecule has 3 nitrogen and oxygen atoms in total. The molecule has 0 amide bonds. The van der Waals surface area contributed by atoms with E-state index >= 15 is 0 Å². The highest BCUT2D eigenvalue weighted by molar-refractivity contribution is 14.1. The number of nitrogens with zero attached hydrogens (tertiary/aromatic N) is 2. The van der Waals surface area contributed by atoms with E-state index in [4.69, 9.17) is 4.74 Å². The fourth-order valence-corrected chi connectivity index (χ4v) is 3.91. The Bertz CT molecular complexity index is 618. The van der Waals surface area contributed by atoms with Gasteiger partial charge in [-0.25, -0.2) is 0 Å². The van der Waals surface area contributed by atoms with Gasteiger partial charge in [0.05, 0.1) is 23.4 Å². The number of benzene rings is 1. The monoisotopic (exact) mass is 368 g/mol. The highest BCUT2D eigenvalue weighted by Crippen LogP contribution is 2.45. The first-order valence-electron chi connectivity index (χ1n) is 7.03. The van der Waals surface area contributed by atoms with Gasteiger partial charge in [0, 0.05) is 15.6 Å². The molecular formula is C15H17IN2O. The van der Waals surface area contributed by atoms with Gasteiger partial charge >= 0.3 is 0 Å². The number of halogens is 1. The van der Waals surface area contributed by atoms with Crippen LogP contribution < -0.4 is 0 Å². The van der Waals surface area contributed by atoms with Gasteiger partial charge in [-0.1, -0.05) is 6.07 Å². The van der Waals surface area contributed by atoms with Gasteiger partial charge in [-0.3, -0.25) is 4.68 Å². The quantitative estimate of drug-likeness (QED) is 0.714. The molecule has 1 unspecified atom stereocenters. The lowest BCUT2D eigenvalue weighted by Crippen LogP contribution is -2.46. The third-order valence-corrected chi connectivity index (χ3v) is 5.31. The van der Waals surface area contributed by atoms with Crippen LogP contribution in [0.15, 0.2) is 24.4 Å². The normalized spacial score (nSPS) is 25.6. The van der Waals surface area contributed by atoms with Crippen molar-refractivity contribution in [1.29, 1.82) is 0 Å². The molecule has 4 rings (SSSR count). The van der Waals surface area contributed by atoms with Crippen LogP contribution in [0.5, 0.6) is 0 Å². The molecule has 1 spiro atoms. The zero-order valence-corrected chi connectivity index (χ0v) is 13.0. The van der Waals surface area contributed by atoms with Crippen molar-refractivity contribution in [2.75, 3.05) is 6.61 Å². The van der Waals surface area contributed by atoms with Crippen molar-refractivity contribution in [2.45, 2.75) is 43.7 Å². The van der Waals surface area contributed by atoms with E-state index in [0.29, 0.717) is 6.04 Å². The van der Waals surface area contributed by atoms with Crippen LogP contribution >= 0.6 is 22.6 Å². The first-order valence-corrected chi connectivity index (χ1v) is 8.10. The molecule has 0 radical (unpaired) electrons. The van der Waals surface area contributed by atoms with E-state index in [1.807, 2.05) is 6.20 Å². The highest BCUT2D eigenvalue weighted by Gasteiger charge is 2.43. The Labute approximate surface area is 126 Å². The predicted molar refractivity (Wildman–Crippen MR) is 83.3 cm³/mol. The molecule has 1 atom stereocenters. The lowest BCUT2D eigenvalue weighted by atomic mass is 9.74. The van der Waals surface area contributed by atoms with Crippen LogP contribution in [0, 0.1) is 3.57 Å². The maximum absolute atomic E-state index is 6.02. The van der Waals surface area contributed by atoms with Crippen molar-refractivity contribution in [3.63, 3.8) is 0 Å². The molecule has 100 valence electrons. The van der Waals surface area contributed by atoms with Crippen molar-refractivity contribution in [3.8, 4) is 0 Å². The Kier molecular flexibility index (Phi) is 2.84. The highest BCUT2D eigenvalue weighted by atomic mass is 127. The number of aromatic nitrogens is 2. The van der Waals surface area contributed by atoms with E-state index in [-0.39, 0.29) is 5.60 Å². The van der Waals surface area contributed by atoms with Gasteiger partial charge in [-0.2, -0.15) is 5.10 Å². The Morgan fingerprint density at radius 1 is 1.37 bits per heavy atom. The van der Waals surface area contributed by atoms with Crippen LogP contribution in [0.1, 0.15) is 38.1 Å². The first kappa shape index (κ1) is 12.1. The topological polar surface area (TPSA) is 27.1 Å². The average molecular weight is 368 g/mol. The van der Waals surface area contributed by atoms with Crippen molar-refractivity contribution < 1.29 is 4.74 Å². The van der Waals surface area contributed by atoms with Crippen molar-refractivity contribution in [1.82, 2.24) is 9.78 Å². The predicted octanol–water partition coefficient (Wildman–Crippen LogP) is 3.92. The third kappa shape index (κ3) is 2.00. The minimum absolute atomic E-state index is 0.184. The number of hydrogen-bond acceptors (Lipinski definition) is 2. The average Bonchev–Trinajstić information content (AvgIpc) is 2.80. The van der Waals surface area contributed by atoms with Gasteiger partial charge in [0.1, 0.15) is 0 Å². The van der Waals surface area contributed by atoms with E-state index in [2.05, 4.69) is 50.6 Å². The maximum atomic E-state index is 6.02. The van der Waals surface area contributed by atoms with Gasteiger partial charge in [0.2, 0.25) is 0 Å². The van der Waals surface area contributed by atoms with Gasteiger partial charge in [-0.05, 0) is 66.8 Å². The SMILES string of the molecule is Ic1ccc2cnn(C3CCOC4(CCC4)C3)c2c1. The van der Waals surface area contributed by atoms with Gasteiger partial charge in [-0.15, -0.1) is 0 Å². The minimum atomic E-state index is 0.184. The summed E-state index contributed by atoms with van der Waals surface area (Å²) in [6, 6.07) is 7.06.